The van der Waals surface area contributed by atoms with Crippen molar-refractivity contribution >= 4 is 0 Å². The van der Waals surface area contributed by atoms with Gasteiger partial charge in [0.15, 0.2) is 0 Å². The van der Waals surface area contributed by atoms with Crippen LogP contribution in [0.3, 0.4) is 0 Å². The van der Waals surface area contributed by atoms with E-state index in [1.165, 1.54) is 12.8 Å². The Labute approximate surface area is 210 Å². The number of hydrogen-bond donors (Lipinski definition) is 9. The molecule has 0 aromatic rings. The van der Waals surface area contributed by atoms with Crippen molar-refractivity contribution in [3.05, 3.63) is 0 Å². The van der Waals surface area contributed by atoms with Crippen molar-refractivity contribution in [1.82, 2.24) is 16.0 Å². The van der Waals surface area contributed by atoms with Gasteiger partial charge in [0.05, 0.1) is 43.3 Å². The van der Waals surface area contributed by atoms with Gasteiger partial charge in [-0.05, 0) is 25.2 Å². The molecule has 0 aromatic carbocycles. The first-order valence-corrected chi connectivity index (χ1v) is 13.2. The van der Waals surface area contributed by atoms with Gasteiger partial charge in [-0.3, -0.25) is 4.39 Å². The van der Waals surface area contributed by atoms with E-state index in [0.717, 1.165) is 13.0 Å². The van der Waals surface area contributed by atoms with Crippen LogP contribution in [0.1, 0.15) is 32.6 Å². The van der Waals surface area contributed by atoms with Crippen LogP contribution >= 0.6 is 0 Å². The van der Waals surface area contributed by atoms with Gasteiger partial charge in [-0.1, -0.05) is 6.92 Å². The number of rotatable bonds is 4. The van der Waals surface area contributed by atoms with E-state index < -0.39 is 67.0 Å². The SMILES string of the molecule is CC[C@@H]1NC[C@@H](O)[C@H](O)[C@H]1CF.O[C@H]1[C@H](O)CNC[C@@H]1C1CC1.O[C@H]1[C@H](O)CNC[C@@H]1C1CC1(F)F. The Morgan fingerprint density at radius 1 is 0.750 bits per heavy atom. The van der Waals surface area contributed by atoms with Crippen molar-refractivity contribution in [2.75, 3.05) is 39.4 Å². The molecule has 5 rings (SSSR count). The first-order chi connectivity index (χ1) is 17.0. The third kappa shape index (κ3) is 7.51. The second-order valence-electron chi connectivity index (χ2n) is 11.0. The van der Waals surface area contributed by atoms with Gasteiger partial charge >= 0.3 is 0 Å². The maximum Gasteiger partial charge on any atom is 0.252 e. The smallest absolute Gasteiger partial charge is 0.252 e. The van der Waals surface area contributed by atoms with Crippen LogP contribution in [0.25, 0.3) is 0 Å². The summed E-state index contributed by atoms with van der Waals surface area (Å²) >= 11 is 0. The lowest BCUT2D eigenvalue weighted by Gasteiger charge is -2.37. The van der Waals surface area contributed by atoms with Crippen molar-refractivity contribution in [2.45, 2.75) is 81.2 Å². The number of aliphatic hydroxyl groups is 6. The lowest BCUT2D eigenvalue weighted by Crippen LogP contribution is -2.56. The molecule has 212 valence electrons. The molecule has 0 bridgehead atoms. The number of aliphatic hydroxyl groups excluding tert-OH is 6. The molecule has 11 atom stereocenters. The van der Waals surface area contributed by atoms with Crippen molar-refractivity contribution in [1.29, 1.82) is 0 Å². The third-order valence-electron chi connectivity index (χ3n) is 8.31. The minimum atomic E-state index is -2.62. The molecule has 2 saturated carbocycles. The molecule has 0 spiro atoms. The average molecular weight is 528 g/mol. The van der Waals surface area contributed by atoms with Crippen LogP contribution in [-0.4, -0.2) is 119 Å². The highest BCUT2D eigenvalue weighted by atomic mass is 19.3. The minimum Gasteiger partial charge on any atom is -0.390 e. The third-order valence-corrected chi connectivity index (χ3v) is 8.31. The second-order valence-corrected chi connectivity index (χ2v) is 11.0. The van der Waals surface area contributed by atoms with Gasteiger partial charge in [0, 0.05) is 68.9 Å². The lowest BCUT2D eigenvalue weighted by atomic mass is 9.86. The molecule has 1 unspecified atom stereocenters. The van der Waals surface area contributed by atoms with E-state index in [0.29, 0.717) is 31.5 Å². The van der Waals surface area contributed by atoms with Gasteiger partial charge < -0.3 is 46.6 Å². The van der Waals surface area contributed by atoms with Gasteiger partial charge in [-0.25, -0.2) is 8.78 Å². The summed E-state index contributed by atoms with van der Waals surface area (Å²) in [6.45, 7) is 3.80. The predicted octanol–water partition coefficient (Wildman–Crippen LogP) is -1.40. The number of alkyl halides is 3. The van der Waals surface area contributed by atoms with Gasteiger partial charge in [0.1, 0.15) is 0 Å². The lowest BCUT2D eigenvalue weighted by molar-refractivity contribution is -0.0583. The second kappa shape index (κ2) is 13.0. The Kier molecular flexibility index (Phi) is 10.8. The highest BCUT2D eigenvalue weighted by molar-refractivity contribution is 5.04. The van der Waals surface area contributed by atoms with E-state index >= 15 is 0 Å². The highest BCUT2D eigenvalue weighted by Crippen LogP contribution is 2.54. The Morgan fingerprint density at radius 3 is 1.72 bits per heavy atom. The Bertz CT molecular complexity index is 675. The molecule has 9 nitrogen and oxygen atoms in total. The summed E-state index contributed by atoms with van der Waals surface area (Å²) in [4.78, 5) is 0. The number of hydrogen-bond acceptors (Lipinski definition) is 9. The quantitative estimate of drug-likeness (QED) is 0.214. The molecule has 0 amide bonds. The normalized spacial score (nSPS) is 46.0. The summed E-state index contributed by atoms with van der Waals surface area (Å²) in [6, 6.07) is -0.00611. The Morgan fingerprint density at radius 2 is 1.25 bits per heavy atom. The molecule has 0 aromatic heterocycles. The summed E-state index contributed by atoms with van der Waals surface area (Å²) in [5.41, 5.74) is 0. The minimum absolute atomic E-state index is 0.00611. The van der Waals surface area contributed by atoms with E-state index in [9.17, 15) is 43.8 Å². The first kappa shape index (κ1) is 30.0. The highest BCUT2D eigenvalue weighted by Gasteiger charge is 2.62. The summed E-state index contributed by atoms with van der Waals surface area (Å²) in [7, 11) is 0. The molecule has 3 aliphatic heterocycles. The topological polar surface area (TPSA) is 157 Å². The number of halogens is 3. The van der Waals surface area contributed by atoms with E-state index in [2.05, 4.69) is 16.0 Å². The first-order valence-electron chi connectivity index (χ1n) is 13.2. The zero-order chi connectivity index (χ0) is 26.6. The van der Waals surface area contributed by atoms with Gasteiger partial charge in [-0.15, -0.1) is 0 Å². The monoisotopic (exact) mass is 527 g/mol. The van der Waals surface area contributed by atoms with Gasteiger partial charge in [0.2, 0.25) is 0 Å². The Balaban J connectivity index is 0.000000151. The number of β-amino-alcohol motifs (C(OH)–C–C–N with tert-alkyl or cyclic N) is 3. The summed E-state index contributed by atoms with van der Waals surface area (Å²) in [6.07, 6.45) is -1.59. The largest absolute Gasteiger partial charge is 0.390 e. The van der Waals surface area contributed by atoms with Crippen LogP contribution in [0.2, 0.25) is 0 Å². The van der Waals surface area contributed by atoms with Crippen molar-refractivity contribution in [3.63, 3.8) is 0 Å². The van der Waals surface area contributed by atoms with E-state index in [1.54, 1.807) is 0 Å². The fourth-order valence-corrected chi connectivity index (χ4v) is 5.61. The molecule has 9 N–H and O–H groups in total. The van der Waals surface area contributed by atoms with Crippen molar-refractivity contribution < 1.29 is 43.8 Å². The van der Waals surface area contributed by atoms with Gasteiger partial charge in [-0.2, -0.15) is 0 Å². The van der Waals surface area contributed by atoms with Crippen molar-refractivity contribution in [2.24, 2.45) is 29.6 Å². The van der Waals surface area contributed by atoms with Crippen LogP contribution in [-0.2, 0) is 0 Å². The molecular formula is C24H44F3N3O6. The van der Waals surface area contributed by atoms with Crippen LogP contribution < -0.4 is 16.0 Å². The van der Waals surface area contributed by atoms with E-state index in [1.807, 2.05) is 6.92 Å². The van der Waals surface area contributed by atoms with E-state index in [-0.39, 0.29) is 19.0 Å². The van der Waals surface area contributed by atoms with Crippen LogP contribution in [0.5, 0.6) is 0 Å². The number of piperidine rings is 3. The van der Waals surface area contributed by atoms with Crippen LogP contribution in [0.4, 0.5) is 13.2 Å². The molecule has 36 heavy (non-hydrogen) atoms. The zero-order valence-electron chi connectivity index (χ0n) is 20.8. The number of nitrogens with one attached hydrogen (secondary N) is 3. The molecule has 5 aliphatic rings. The van der Waals surface area contributed by atoms with Crippen LogP contribution in [0, 0.1) is 29.6 Å². The summed E-state index contributed by atoms with van der Waals surface area (Å²) in [5.74, 6) is -3.35. The maximum atomic E-state index is 12.7. The molecule has 0 radical (unpaired) electrons. The van der Waals surface area contributed by atoms with Crippen LogP contribution in [0.15, 0.2) is 0 Å². The zero-order valence-corrected chi connectivity index (χ0v) is 20.8. The fraction of sp³-hybridized carbons (Fsp3) is 1.00. The summed E-state index contributed by atoms with van der Waals surface area (Å²) in [5, 5.41) is 65.1. The maximum absolute atomic E-state index is 12.7. The summed E-state index contributed by atoms with van der Waals surface area (Å²) < 4.78 is 37.8. The molecule has 3 heterocycles. The van der Waals surface area contributed by atoms with Gasteiger partial charge in [0.25, 0.3) is 5.92 Å². The van der Waals surface area contributed by atoms with E-state index in [4.69, 9.17) is 0 Å². The van der Waals surface area contributed by atoms with Crippen molar-refractivity contribution in [3.8, 4) is 0 Å². The Hall–Kier alpha value is -0.570. The predicted molar refractivity (Wildman–Crippen MR) is 126 cm³/mol. The molecular weight excluding hydrogens is 483 g/mol. The fourth-order valence-electron chi connectivity index (χ4n) is 5.61. The standard InChI is InChI=1S/C8H13F2NO2.C8H16FNO2.C8H15NO2/c9-8(10)1-5(8)4-2-11-3-6(12)7(4)13;1-2-6-5(3-9)8(12)7(11)4-10-6;10-7-4-9-3-6(8(7)11)5-1-2-5/h4-7,11-13H,1-3H2;5-8,10-12H,2-4H2,1H3;5-11H,1-4H2/t4-,5?,6-,7-;5-,6-,7+,8+;6-,7-,8-/m101/s1. The molecule has 12 heteroatoms. The molecule has 5 fully saturated rings. The molecule has 2 aliphatic carbocycles. The molecule has 3 saturated heterocycles. The average Bonchev–Trinajstić information content (AvgIpc) is 3.77.